The van der Waals surface area contributed by atoms with Crippen molar-refractivity contribution in [3.8, 4) is 0 Å². The Morgan fingerprint density at radius 1 is 1.12 bits per heavy atom. The Bertz CT molecular complexity index is 293. The summed E-state index contributed by atoms with van der Waals surface area (Å²) < 4.78 is 6.03. The van der Waals surface area contributed by atoms with Crippen LogP contribution in [0.15, 0.2) is 30.3 Å². The van der Waals surface area contributed by atoms with Crippen LogP contribution < -0.4 is 5.30 Å². The van der Waals surface area contributed by atoms with Crippen molar-refractivity contribution in [1.82, 2.24) is 0 Å². The first-order chi connectivity index (χ1) is 7.92. The lowest BCUT2D eigenvalue weighted by molar-refractivity contribution is 0.366. The minimum Gasteiger partial charge on any atom is -0.354 e. The van der Waals surface area contributed by atoms with E-state index in [2.05, 4.69) is 37.3 Å². The second kappa shape index (κ2) is 6.37. The SMILES string of the molecule is CCOP(c1ccccc1)C1CCCCC1. The van der Waals surface area contributed by atoms with Gasteiger partial charge in [-0.1, -0.05) is 49.6 Å². The van der Waals surface area contributed by atoms with Gasteiger partial charge in [-0.3, -0.25) is 0 Å². The Morgan fingerprint density at radius 3 is 2.44 bits per heavy atom. The van der Waals surface area contributed by atoms with Gasteiger partial charge in [0.1, 0.15) is 0 Å². The molecule has 0 spiro atoms. The molecule has 1 nitrogen and oxygen atoms in total. The summed E-state index contributed by atoms with van der Waals surface area (Å²) in [5.41, 5.74) is 0.797. The number of hydrogen-bond acceptors (Lipinski definition) is 1. The topological polar surface area (TPSA) is 9.23 Å². The van der Waals surface area contributed by atoms with Gasteiger partial charge in [0.2, 0.25) is 0 Å². The van der Waals surface area contributed by atoms with Crippen molar-refractivity contribution >= 4 is 13.5 Å². The minimum atomic E-state index is -0.374. The second-order valence-corrected chi connectivity index (χ2v) is 6.53. The Balaban J connectivity index is 2.09. The third-order valence-corrected chi connectivity index (χ3v) is 5.71. The maximum Gasteiger partial charge on any atom is 0.0635 e. The van der Waals surface area contributed by atoms with E-state index in [1.807, 2.05) is 0 Å². The van der Waals surface area contributed by atoms with Crippen LogP contribution in [0, 0.1) is 0 Å². The third-order valence-electron chi connectivity index (χ3n) is 3.19. The van der Waals surface area contributed by atoms with Crippen molar-refractivity contribution in [2.75, 3.05) is 6.61 Å². The summed E-state index contributed by atoms with van der Waals surface area (Å²) in [5.74, 6) is 0. The highest BCUT2D eigenvalue weighted by molar-refractivity contribution is 7.61. The molecular formula is C14H21OP. The average Bonchev–Trinajstić information content (AvgIpc) is 2.38. The number of rotatable bonds is 4. The van der Waals surface area contributed by atoms with E-state index >= 15 is 0 Å². The van der Waals surface area contributed by atoms with Crippen LogP contribution in [0.3, 0.4) is 0 Å². The zero-order chi connectivity index (χ0) is 11.2. The molecule has 2 heteroatoms. The standard InChI is InChI=1S/C14H21OP/c1-2-15-16(13-9-5-3-6-10-13)14-11-7-4-8-12-14/h3,5-6,9-10,14H,2,4,7-8,11-12H2,1H3. The largest absolute Gasteiger partial charge is 0.354 e. The molecule has 1 fully saturated rings. The van der Waals surface area contributed by atoms with Crippen LogP contribution >= 0.6 is 8.15 Å². The molecule has 0 aliphatic heterocycles. The maximum absolute atomic E-state index is 6.03. The molecule has 1 saturated carbocycles. The summed E-state index contributed by atoms with van der Waals surface area (Å²) in [4.78, 5) is 0. The molecule has 0 N–H and O–H groups in total. The summed E-state index contributed by atoms with van der Waals surface area (Å²) in [5, 5.41) is 1.42. The molecule has 16 heavy (non-hydrogen) atoms. The van der Waals surface area contributed by atoms with Crippen LogP contribution in [0.25, 0.3) is 0 Å². The van der Waals surface area contributed by atoms with Crippen LogP contribution in [0.1, 0.15) is 39.0 Å². The first kappa shape index (κ1) is 12.1. The highest BCUT2D eigenvalue weighted by Crippen LogP contribution is 2.47. The molecule has 0 amide bonds. The monoisotopic (exact) mass is 236 g/mol. The van der Waals surface area contributed by atoms with Gasteiger partial charge >= 0.3 is 0 Å². The van der Waals surface area contributed by atoms with Crippen LogP contribution in [0.4, 0.5) is 0 Å². The van der Waals surface area contributed by atoms with Gasteiger partial charge in [-0.05, 0) is 19.8 Å². The van der Waals surface area contributed by atoms with Crippen LogP contribution in [0.5, 0.6) is 0 Å². The Kier molecular flexibility index (Phi) is 4.81. The van der Waals surface area contributed by atoms with E-state index in [-0.39, 0.29) is 8.15 Å². The zero-order valence-electron chi connectivity index (χ0n) is 10.1. The molecule has 1 unspecified atom stereocenters. The van der Waals surface area contributed by atoms with Gasteiger partial charge in [-0.2, -0.15) is 0 Å². The molecule has 1 aromatic rings. The lowest BCUT2D eigenvalue weighted by atomic mass is 10.0. The molecule has 0 saturated heterocycles. The van der Waals surface area contributed by atoms with Gasteiger partial charge < -0.3 is 4.52 Å². The Labute approximate surface area is 100 Å². The molecule has 0 heterocycles. The molecule has 1 aliphatic rings. The van der Waals surface area contributed by atoms with E-state index in [0.717, 1.165) is 12.3 Å². The first-order valence-corrected chi connectivity index (χ1v) is 7.72. The maximum atomic E-state index is 6.03. The van der Waals surface area contributed by atoms with E-state index < -0.39 is 0 Å². The van der Waals surface area contributed by atoms with Gasteiger partial charge in [0.15, 0.2) is 0 Å². The molecule has 88 valence electrons. The molecule has 0 bridgehead atoms. The van der Waals surface area contributed by atoms with Gasteiger partial charge in [0.05, 0.1) is 8.15 Å². The molecule has 1 atom stereocenters. The Morgan fingerprint density at radius 2 is 1.81 bits per heavy atom. The summed E-state index contributed by atoms with van der Waals surface area (Å²) in [7, 11) is -0.374. The van der Waals surface area contributed by atoms with E-state index in [1.165, 1.54) is 37.4 Å². The fourth-order valence-electron chi connectivity index (χ4n) is 2.42. The lowest BCUT2D eigenvalue weighted by Gasteiger charge is -2.30. The zero-order valence-corrected chi connectivity index (χ0v) is 11.0. The van der Waals surface area contributed by atoms with Gasteiger partial charge in [-0.15, -0.1) is 0 Å². The molecule has 1 aliphatic carbocycles. The minimum absolute atomic E-state index is 0.374. The van der Waals surface area contributed by atoms with E-state index in [1.54, 1.807) is 0 Å². The van der Waals surface area contributed by atoms with Crippen molar-refractivity contribution in [1.29, 1.82) is 0 Å². The van der Waals surface area contributed by atoms with E-state index in [0.29, 0.717) is 0 Å². The van der Waals surface area contributed by atoms with Gasteiger partial charge in [0, 0.05) is 17.6 Å². The lowest BCUT2D eigenvalue weighted by Crippen LogP contribution is -2.18. The summed E-state index contributed by atoms with van der Waals surface area (Å²) >= 11 is 0. The molecule has 0 aromatic heterocycles. The van der Waals surface area contributed by atoms with Crippen molar-refractivity contribution in [3.05, 3.63) is 30.3 Å². The summed E-state index contributed by atoms with van der Waals surface area (Å²) in [6.45, 7) is 2.96. The predicted molar refractivity (Wildman–Crippen MR) is 71.5 cm³/mol. The van der Waals surface area contributed by atoms with Crippen molar-refractivity contribution in [3.63, 3.8) is 0 Å². The number of benzene rings is 1. The fraction of sp³-hybridized carbons (Fsp3) is 0.571. The van der Waals surface area contributed by atoms with Gasteiger partial charge in [0.25, 0.3) is 0 Å². The average molecular weight is 236 g/mol. The predicted octanol–water partition coefficient (Wildman–Crippen LogP) is 4.08. The molecule has 1 aromatic carbocycles. The van der Waals surface area contributed by atoms with Crippen molar-refractivity contribution in [2.24, 2.45) is 0 Å². The quantitative estimate of drug-likeness (QED) is 0.716. The summed E-state index contributed by atoms with van der Waals surface area (Å²) in [6.07, 6.45) is 6.93. The van der Waals surface area contributed by atoms with Gasteiger partial charge in [-0.25, -0.2) is 0 Å². The van der Waals surface area contributed by atoms with Crippen molar-refractivity contribution < 1.29 is 4.52 Å². The van der Waals surface area contributed by atoms with Crippen molar-refractivity contribution in [2.45, 2.75) is 44.7 Å². The van der Waals surface area contributed by atoms with Crippen LogP contribution in [0.2, 0.25) is 0 Å². The third kappa shape index (κ3) is 3.06. The normalized spacial score (nSPS) is 19.6. The van der Waals surface area contributed by atoms with Crippen LogP contribution in [-0.2, 0) is 4.52 Å². The molecule has 2 rings (SSSR count). The molecular weight excluding hydrogens is 215 g/mol. The smallest absolute Gasteiger partial charge is 0.0635 e. The fourth-order valence-corrected chi connectivity index (χ4v) is 4.78. The Hall–Kier alpha value is -0.390. The number of hydrogen-bond donors (Lipinski definition) is 0. The summed E-state index contributed by atoms with van der Waals surface area (Å²) in [6, 6.07) is 10.8. The van der Waals surface area contributed by atoms with Crippen LogP contribution in [-0.4, -0.2) is 12.3 Å². The highest BCUT2D eigenvalue weighted by atomic mass is 31.1. The highest BCUT2D eigenvalue weighted by Gasteiger charge is 2.25. The second-order valence-electron chi connectivity index (χ2n) is 4.37. The molecule has 0 radical (unpaired) electrons. The first-order valence-electron chi connectivity index (χ1n) is 6.39. The van der Waals surface area contributed by atoms with E-state index in [9.17, 15) is 0 Å². The van der Waals surface area contributed by atoms with E-state index in [4.69, 9.17) is 4.52 Å².